The Kier molecular flexibility index (Phi) is 4.72. The van der Waals surface area contributed by atoms with Crippen LogP contribution in [0.1, 0.15) is 19.3 Å². The van der Waals surface area contributed by atoms with Crippen LogP contribution >= 0.6 is 10.7 Å². The zero-order valence-electron chi connectivity index (χ0n) is 10.8. The van der Waals surface area contributed by atoms with Gasteiger partial charge in [-0.15, -0.1) is 0 Å². The Balaban J connectivity index is 2.30. The van der Waals surface area contributed by atoms with Crippen molar-refractivity contribution >= 4 is 29.8 Å². The molecule has 1 aliphatic rings. The smallest absolute Gasteiger partial charge is 0.208 e. The zero-order chi connectivity index (χ0) is 15.7. The Morgan fingerprint density at radius 1 is 1.19 bits per heavy atom. The second kappa shape index (κ2) is 6.04. The van der Waals surface area contributed by atoms with Crippen molar-refractivity contribution in [3.05, 3.63) is 36.2 Å². The molecule has 21 heavy (non-hydrogen) atoms. The predicted octanol–water partition coefficient (Wildman–Crippen LogP) is 2.14. The minimum atomic E-state index is -4.11. The summed E-state index contributed by atoms with van der Waals surface area (Å²) < 4.78 is 62.7. The van der Waals surface area contributed by atoms with Gasteiger partial charge in [-0.05, 0) is 37.5 Å². The summed E-state index contributed by atoms with van der Waals surface area (Å²) in [6, 6.07) is 2.15. The minimum absolute atomic E-state index is 0.296. The molecular weight excluding hydrogens is 341 g/mol. The fourth-order valence-corrected chi connectivity index (χ4v) is 4.14. The summed E-state index contributed by atoms with van der Waals surface area (Å²) in [5.74, 6) is -1.16. The average Bonchev–Trinajstić information content (AvgIpc) is 2.37. The highest BCUT2D eigenvalue weighted by Crippen LogP contribution is 2.22. The lowest BCUT2D eigenvalue weighted by Crippen LogP contribution is -2.35. The van der Waals surface area contributed by atoms with Gasteiger partial charge >= 0.3 is 0 Å². The summed E-state index contributed by atoms with van der Waals surface area (Å²) in [6.07, 6.45) is 5.72. The van der Waals surface area contributed by atoms with Crippen molar-refractivity contribution in [2.45, 2.75) is 35.1 Å². The van der Waals surface area contributed by atoms with Crippen molar-refractivity contribution < 1.29 is 21.2 Å². The second-order valence-electron chi connectivity index (χ2n) is 4.63. The monoisotopic (exact) mass is 353 g/mol. The van der Waals surface area contributed by atoms with Gasteiger partial charge in [-0.3, -0.25) is 0 Å². The van der Waals surface area contributed by atoms with E-state index in [4.69, 9.17) is 10.7 Å². The molecule has 1 aromatic carbocycles. The molecule has 1 aromatic rings. The van der Waals surface area contributed by atoms with E-state index in [1.165, 1.54) is 0 Å². The van der Waals surface area contributed by atoms with Crippen molar-refractivity contribution in [2.24, 2.45) is 0 Å². The molecule has 0 saturated carbocycles. The zero-order valence-corrected chi connectivity index (χ0v) is 13.2. The topological polar surface area (TPSA) is 80.3 Å². The lowest BCUT2D eigenvalue weighted by molar-refractivity contribution is 0.513. The van der Waals surface area contributed by atoms with Gasteiger partial charge in [-0.2, -0.15) is 0 Å². The van der Waals surface area contributed by atoms with E-state index in [1.54, 1.807) is 0 Å². The van der Waals surface area contributed by atoms with Gasteiger partial charge in [-0.1, -0.05) is 12.2 Å². The van der Waals surface area contributed by atoms with E-state index < -0.39 is 34.7 Å². The minimum Gasteiger partial charge on any atom is -0.208 e. The summed E-state index contributed by atoms with van der Waals surface area (Å²) >= 11 is 0. The van der Waals surface area contributed by atoms with Crippen molar-refractivity contribution in [2.75, 3.05) is 0 Å². The third-order valence-electron chi connectivity index (χ3n) is 3.07. The van der Waals surface area contributed by atoms with Crippen LogP contribution in [0.15, 0.2) is 40.1 Å². The number of rotatable bonds is 4. The van der Waals surface area contributed by atoms with E-state index >= 15 is 0 Å². The van der Waals surface area contributed by atoms with Crippen molar-refractivity contribution in [3.8, 4) is 0 Å². The molecule has 0 aromatic heterocycles. The van der Waals surface area contributed by atoms with E-state index in [0.717, 1.165) is 18.6 Å². The fourth-order valence-electron chi connectivity index (χ4n) is 2.03. The molecule has 1 N–H and O–H groups in total. The van der Waals surface area contributed by atoms with Crippen LogP contribution in [0.4, 0.5) is 4.39 Å². The first kappa shape index (κ1) is 16.4. The molecule has 1 aliphatic carbocycles. The molecule has 0 fully saturated rings. The van der Waals surface area contributed by atoms with Crippen LogP contribution in [0, 0.1) is 5.82 Å². The number of hydrogen-bond acceptors (Lipinski definition) is 4. The largest absolute Gasteiger partial charge is 0.261 e. The van der Waals surface area contributed by atoms with E-state index in [9.17, 15) is 21.2 Å². The van der Waals surface area contributed by atoms with Crippen LogP contribution in [0.25, 0.3) is 0 Å². The standard InChI is InChI=1S/C12H13ClFNO4S2/c13-20(16,17)10-6-7-12(11(14)8-10)21(18,19)15-9-4-2-1-3-5-9/h1-2,6-9,15H,3-5H2. The molecule has 116 valence electrons. The maximum atomic E-state index is 13.9. The van der Waals surface area contributed by atoms with E-state index in [0.29, 0.717) is 18.9 Å². The number of benzene rings is 1. The Labute approximate surface area is 127 Å². The van der Waals surface area contributed by atoms with Crippen LogP contribution in [0.3, 0.4) is 0 Å². The highest BCUT2D eigenvalue weighted by molar-refractivity contribution is 8.13. The summed E-state index contributed by atoms with van der Waals surface area (Å²) in [7, 11) is -3.07. The van der Waals surface area contributed by atoms with Gasteiger partial charge in [0.25, 0.3) is 9.05 Å². The summed E-state index contributed by atoms with van der Waals surface area (Å²) in [5.41, 5.74) is 0. The van der Waals surface area contributed by atoms with E-state index in [-0.39, 0.29) is 6.04 Å². The van der Waals surface area contributed by atoms with Gasteiger partial charge in [0.15, 0.2) is 0 Å². The fraction of sp³-hybridized carbons (Fsp3) is 0.333. The number of nitrogens with one attached hydrogen (secondary N) is 1. The van der Waals surface area contributed by atoms with Crippen molar-refractivity contribution in [1.29, 1.82) is 0 Å². The third kappa shape index (κ3) is 4.03. The highest BCUT2D eigenvalue weighted by Gasteiger charge is 2.25. The first-order chi connectivity index (χ1) is 9.70. The molecule has 2 rings (SSSR count). The van der Waals surface area contributed by atoms with Crippen LogP contribution in [-0.2, 0) is 19.1 Å². The summed E-state index contributed by atoms with van der Waals surface area (Å²) in [4.78, 5) is -1.08. The molecule has 5 nitrogen and oxygen atoms in total. The maximum Gasteiger partial charge on any atom is 0.261 e. The van der Waals surface area contributed by atoms with E-state index in [1.807, 2.05) is 12.2 Å². The van der Waals surface area contributed by atoms with Crippen LogP contribution in [0.2, 0.25) is 0 Å². The predicted molar refractivity (Wildman–Crippen MR) is 76.5 cm³/mol. The van der Waals surface area contributed by atoms with Gasteiger partial charge in [0.2, 0.25) is 10.0 Å². The Hall–Kier alpha value is -0.960. The quantitative estimate of drug-likeness (QED) is 0.664. The van der Waals surface area contributed by atoms with E-state index in [2.05, 4.69) is 4.72 Å². The first-order valence-corrected chi connectivity index (χ1v) is 9.91. The number of sulfonamides is 1. The summed E-state index contributed by atoms with van der Waals surface area (Å²) in [5, 5.41) is 0. The molecule has 1 unspecified atom stereocenters. The maximum absolute atomic E-state index is 13.9. The summed E-state index contributed by atoms with van der Waals surface area (Å²) in [6.45, 7) is 0. The SMILES string of the molecule is O=S(=O)(Cl)c1ccc(S(=O)(=O)NC2CC=CCC2)c(F)c1. The molecule has 0 radical (unpaired) electrons. The lowest BCUT2D eigenvalue weighted by atomic mass is 10.0. The van der Waals surface area contributed by atoms with Crippen LogP contribution in [-0.4, -0.2) is 22.9 Å². The first-order valence-electron chi connectivity index (χ1n) is 6.12. The Bertz CT molecular complexity index is 774. The normalized spacial score (nSPS) is 19.6. The van der Waals surface area contributed by atoms with Crippen molar-refractivity contribution in [3.63, 3.8) is 0 Å². The molecular formula is C12H13ClFNO4S2. The van der Waals surface area contributed by atoms with Crippen LogP contribution < -0.4 is 4.72 Å². The third-order valence-corrected chi connectivity index (χ3v) is 5.97. The molecule has 1 atom stereocenters. The molecule has 0 saturated heterocycles. The van der Waals surface area contributed by atoms with Gasteiger partial charge < -0.3 is 0 Å². The number of halogens is 2. The number of hydrogen-bond donors (Lipinski definition) is 1. The Morgan fingerprint density at radius 2 is 1.90 bits per heavy atom. The van der Waals surface area contributed by atoms with Crippen LogP contribution in [0.5, 0.6) is 0 Å². The van der Waals surface area contributed by atoms with Gasteiger partial charge in [0, 0.05) is 16.7 Å². The highest BCUT2D eigenvalue weighted by atomic mass is 35.7. The Morgan fingerprint density at radius 3 is 2.43 bits per heavy atom. The molecule has 0 amide bonds. The molecule has 0 heterocycles. The molecule has 0 spiro atoms. The van der Waals surface area contributed by atoms with Gasteiger partial charge in [0.05, 0.1) is 4.90 Å². The molecule has 0 aliphatic heterocycles. The second-order valence-corrected chi connectivity index (χ2v) is 8.88. The molecule has 0 bridgehead atoms. The number of allylic oxidation sites excluding steroid dienone is 1. The van der Waals surface area contributed by atoms with Gasteiger partial charge in [0.1, 0.15) is 10.7 Å². The average molecular weight is 354 g/mol. The van der Waals surface area contributed by atoms with Crippen molar-refractivity contribution in [1.82, 2.24) is 4.72 Å². The lowest BCUT2D eigenvalue weighted by Gasteiger charge is -2.19. The van der Waals surface area contributed by atoms with Gasteiger partial charge in [-0.25, -0.2) is 25.9 Å². The molecule has 9 heteroatoms.